The SMILES string of the molecule is CC1(C)C(=O)NCCN1c1ncc(-c2cccc([N+](=O)[O-])c2)o1. The van der Waals surface area contributed by atoms with Crippen LogP contribution in [0.2, 0.25) is 0 Å². The van der Waals surface area contributed by atoms with E-state index in [0.29, 0.717) is 30.4 Å². The number of nitro benzene ring substituents is 1. The molecule has 8 heteroatoms. The second-order valence-corrected chi connectivity index (χ2v) is 5.78. The monoisotopic (exact) mass is 316 g/mol. The molecular weight excluding hydrogens is 300 g/mol. The van der Waals surface area contributed by atoms with Gasteiger partial charge in [0.05, 0.1) is 11.1 Å². The number of carbonyl (C=O) groups excluding carboxylic acids is 1. The number of nitrogens with zero attached hydrogens (tertiary/aromatic N) is 3. The zero-order chi connectivity index (χ0) is 16.6. The molecule has 23 heavy (non-hydrogen) atoms. The van der Waals surface area contributed by atoms with Gasteiger partial charge in [-0.05, 0) is 13.8 Å². The summed E-state index contributed by atoms with van der Waals surface area (Å²) in [6.45, 7) is 4.67. The first-order valence-electron chi connectivity index (χ1n) is 7.16. The van der Waals surface area contributed by atoms with Crippen molar-refractivity contribution in [2.24, 2.45) is 0 Å². The summed E-state index contributed by atoms with van der Waals surface area (Å²) in [6, 6.07) is 6.47. The number of rotatable bonds is 3. The Balaban J connectivity index is 1.93. The van der Waals surface area contributed by atoms with Crippen molar-refractivity contribution in [1.82, 2.24) is 10.3 Å². The predicted octanol–water partition coefficient (Wildman–Crippen LogP) is 1.96. The van der Waals surface area contributed by atoms with Crippen molar-refractivity contribution in [3.63, 3.8) is 0 Å². The number of nitro groups is 1. The third-order valence-corrected chi connectivity index (χ3v) is 3.92. The first-order valence-corrected chi connectivity index (χ1v) is 7.16. The van der Waals surface area contributed by atoms with Crippen LogP contribution in [0.15, 0.2) is 34.9 Å². The summed E-state index contributed by atoms with van der Waals surface area (Å²) in [5.41, 5.74) is -0.223. The third-order valence-electron chi connectivity index (χ3n) is 3.92. The Labute approximate surface area is 132 Å². The molecule has 2 aromatic rings. The minimum atomic E-state index is -0.775. The predicted molar refractivity (Wildman–Crippen MR) is 83.0 cm³/mol. The fourth-order valence-corrected chi connectivity index (χ4v) is 2.53. The number of benzene rings is 1. The van der Waals surface area contributed by atoms with Crippen LogP contribution in [0.5, 0.6) is 0 Å². The van der Waals surface area contributed by atoms with Gasteiger partial charge in [-0.2, -0.15) is 0 Å². The molecule has 0 atom stereocenters. The topological polar surface area (TPSA) is 102 Å². The third kappa shape index (κ3) is 2.63. The van der Waals surface area contributed by atoms with E-state index in [2.05, 4.69) is 10.3 Å². The van der Waals surface area contributed by atoms with Gasteiger partial charge in [-0.3, -0.25) is 14.9 Å². The van der Waals surface area contributed by atoms with E-state index < -0.39 is 10.5 Å². The average Bonchev–Trinajstić information content (AvgIpc) is 2.99. The van der Waals surface area contributed by atoms with E-state index in [1.165, 1.54) is 18.3 Å². The zero-order valence-electron chi connectivity index (χ0n) is 12.8. The van der Waals surface area contributed by atoms with Gasteiger partial charge in [-0.25, -0.2) is 4.98 Å². The van der Waals surface area contributed by atoms with Crippen molar-refractivity contribution >= 4 is 17.6 Å². The molecule has 0 bridgehead atoms. The van der Waals surface area contributed by atoms with E-state index in [1.54, 1.807) is 30.9 Å². The highest BCUT2D eigenvalue weighted by molar-refractivity contribution is 5.89. The van der Waals surface area contributed by atoms with E-state index in [4.69, 9.17) is 4.42 Å². The van der Waals surface area contributed by atoms with E-state index >= 15 is 0 Å². The summed E-state index contributed by atoms with van der Waals surface area (Å²) in [7, 11) is 0. The van der Waals surface area contributed by atoms with Crippen LogP contribution < -0.4 is 10.2 Å². The van der Waals surface area contributed by atoms with Gasteiger partial charge in [0.1, 0.15) is 5.54 Å². The molecule has 0 spiro atoms. The van der Waals surface area contributed by atoms with Crippen LogP contribution in [0.1, 0.15) is 13.8 Å². The van der Waals surface area contributed by atoms with Crippen LogP contribution in [0, 0.1) is 10.1 Å². The Morgan fingerprint density at radius 3 is 2.96 bits per heavy atom. The van der Waals surface area contributed by atoms with Crippen molar-refractivity contribution in [2.75, 3.05) is 18.0 Å². The van der Waals surface area contributed by atoms with Crippen LogP contribution in [0.3, 0.4) is 0 Å². The Morgan fingerprint density at radius 1 is 1.43 bits per heavy atom. The molecule has 0 aliphatic carbocycles. The Bertz CT molecular complexity index is 768. The van der Waals surface area contributed by atoms with E-state index in [1.807, 2.05) is 0 Å². The number of aromatic nitrogens is 1. The normalized spacial score (nSPS) is 17.0. The standard InChI is InChI=1S/C15H16N4O4/c1-15(2)13(20)16-6-7-18(15)14-17-9-12(23-14)10-4-3-5-11(8-10)19(21)22/h3-5,8-9H,6-7H2,1-2H3,(H,16,20). The van der Waals surface area contributed by atoms with Gasteiger partial charge in [0.25, 0.3) is 11.7 Å². The minimum Gasteiger partial charge on any atom is -0.423 e. The lowest BCUT2D eigenvalue weighted by atomic mass is 10.00. The highest BCUT2D eigenvalue weighted by Crippen LogP contribution is 2.30. The van der Waals surface area contributed by atoms with Crippen molar-refractivity contribution in [2.45, 2.75) is 19.4 Å². The molecule has 1 aromatic carbocycles. The lowest BCUT2D eigenvalue weighted by molar-refractivity contribution is -0.384. The molecule has 1 aliphatic rings. The van der Waals surface area contributed by atoms with Gasteiger partial charge in [0.2, 0.25) is 5.91 Å². The molecule has 3 rings (SSSR count). The van der Waals surface area contributed by atoms with Gasteiger partial charge >= 0.3 is 0 Å². The molecule has 1 fully saturated rings. The number of amides is 1. The molecule has 1 aliphatic heterocycles. The summed E-state index contributed by atoms with van der Waals surface area (Å²) >= 11 is 0. The summed E-state index contributed by atoms with van der Waals surface area (Å²) < 4.78 is 5.74. The Hall–Kier alpha value is -2.90. The van der Waals surface area contributed by atoms with Crippen molar-refractivity contribution in [1.29, 1.82) is 0 Å². The second kappa shape index (κ2) is 5.38. The first kappa shape index (κ1) is 15.0. The molecule has 1 N–H and O–H groups in total. The highest BCUT2D eigenvalue weighted by Gasteiger charge is 2.40. The molecule has 120 valence electrons. The van der Waals surface area contributed by atoms with Crippen molar-refractivity contribution in [3.8, 4) is 11.3 Å². The average molecular weight is 316 g/mol. The van der Waals surface area contributed by atoms with Crippen molar-refractivity contribution < 1.29 is 14.1 Å². The van der Waals surface area contributed by atoms with Gasteiger partial charge in [-0.1, -0.05) is 12.1 Å². The molecule has 1 amide bonds. The van der Waals surface area contributed by atoms with Crippen molar-refractivity contribution in [3.05, 3.63) is 40.6 Å². The summed E-state index contributed by atoms with van der Waals surface area (Å²) in [5, 5.41) is 13.7. The second-order valence-electron chi connectivity index (χ2n) is 5.78. The van der Waals surface area contributed by atoms with Crippen LogP contribution in [0.25, 0.3) is 11.3 Å². The number of nitrogens with one attached hydrogen (secondary N) is 1. The van der Waals surface area contributed by atoms with E-state index in [9.17, 15) is 14.9 Å². The van der Waals surface area contributed by atoms with Crippen LogP contribution in [-0.4, -0.2) is 34.4 Å². The smallest absolute Gasteiger partial charge is 0.298 e. The summed E-state index contributed by atoms with van der Waals surface area (Å²) in [6.07, 6.45) is 1.51. The molecule has 1 aromatic heterocycles. The number of hydrogen-bond acceptors (Lipinski definition) is 6. The molecule has 1 saturated heterocycles. The summed E-state index contributed by atoms with van der Waals surface area (Å²) in [4.78, 5) is 28.4. The molecule has 8 nitrogen and oxygen atoms in total. The number of hydrogen-bond donors (Lipinski definition) is 1. The summed E-state index contributed by atoms with van der Waals surface area (Å²) in [5.74, 6) is 0.323. The van der Waals surface area contributed by atoms with E-state index in [0.717, 1.165) is 0 Å². The fourth-order valence-electron chi connectivity index (χ4n) is 2.53. The maximum Gasteiger partial charge on any atom is 0.298 e. The number of anilines is 1. The first-order chi connectivity index (χ1) is 10.9. The van der Waals surface area contributed by atoms with E-state index in [-0.39, 0.29) is 11.6 Å². The molecular formula is C15H16N4O4. The number of oxazole rings is 1. The van der Waals surface area contributed by atoms with Crippen LogP contribution >= 0.6 is 0 Å². The number of carbonyl (C=O) groups is 1. The molecule has 0 radical (unpaired) electrons. The van der Waals surface area contributed by atoms with Crippen LogP contribution in [0.4, 0.5) is 11.7 Å². The largest absolute Gasteiger partial charge is 0.423 e. The lowest BCUT2D eigenvalue weighted by Crippen LogP contribution is -2.62. The molecule has 0 unspecified atom stereocenters. The maximum absolute atomic E-state index is 12.0. The zero-order valence-corrected chi connectivity index (χ0v) is 12.8. The van der Waals surface area contributed by atoms with Crippen LogP contribution in [-0.2, 0) is 4.79 Å². The Morgan fingerprint density at radius 2 is 2.22 bits per heavy atom. The van der Waals surface area contributed by atoms with Gasteiger partial charge in [-0.15, -0.1) is 0 Å². The van der Waals surface area contributed by atoms with Gasteiger partial charge in [0.15, 0.2) is 5.76 Å². The molecule has 2 heterocycles. The fraction of sp³-hybridized carbons (Fsp3) is 0.333. The lowest BCUT2D eigenvalue weighted by Gasteiger charge is -2.39. The quantitative estimate of drug-likeness (QED) is 0.686. The molecule has 0 saturated carbocycles. The maximum atomic E-state index is 12.0. The van der Waals surface area contributed by atoms with Gasteiger partial charge in [0, 0.05) is 30.8 Å². The Kier molecular flexibility index (Phi) is 3.51. The minimum absolute atomic E-state index is 0.0156. The number of non-ortho nitro benzene ring substituents is 1. The number of piperazine rings is 1. The highest BCUT2D eigenvalue weighted by atomic mass is 16.6. The van der Waals surface area contributed by atoms with Gasteiger partial charge < -0.3 is 14.6 Å².